The Hall–Kier alpha value is -2.12. The molecule has 110 valence electrons. The van der Waals surface area contributed by atoms with Crippen molar-refractivity contribution in [1.29, 1.82) is 0 Å². The summed E-state index contributed by atoms with van der Waals surface area (Å²) in [5.41, 5.74) is -0.365. The maximum Gasteiger partial charge on any atom is 0.373 e. The van der Waals surface area contributed by atoms with E-state index in [4.69, 9.17) is 27.9 Å². The highest BCUT2D eigenvalue weighted by molar-refractivity contribution is 6.34. The van der Waals surface area contributed by atoms with Crippen LogP contribution in [0, 0.1) is 10.1 Å². The van der Waals surface area contributed by atoms with E-state index < -0.39 is 4.92 Å². The Morgan fingerprint density at radius 1 is 1.38 bits per heavy atom. The Bertz CT molecular complexity index is 682. The molecular formula is C12H10Cl2N4O3. The molecule has 0 aliphatic heterocycles. The van der Waals surface area contributed by atoms with Gasteiger partial charge in [0.1, 0.15) is 12.1 Å². The van der Waals surface area contributed by atoms with Crippen molar-refractivity contribution in [3.63, 3.8) is 0 Å². The number of nitrogens with zero attached hydrogens (tertiary/aromatic N) is 3. The molecule has 0 fully saturated rings. The maximum atomic E-state index is 11.2. The molecule has 0 radical (unpaired) electrons. The number of hydrogen-bond donors (Lipinski definition) is 1. The summed E-state index contributed by atoms with van der Waals surface area (Å²) in [6, 6.07) is 4.55. The van der Waals surface area contributed by atoms with Crippen LogP contribution in [0.1, 0.15) is 6.92 Å². The van der Waals surface area contributed by atoms with Crippen molar-refractivity contribution in [2.45, 2.75) is 6.92 Å². The van der Waals surface area contributed by atoms with Gasteiger partial charge < -0.3 is 10.1 Å². The van der Waals surface area contributed by atoms with E-state index in [0.717, 1.165) is 0 Å². The highest BCUT2D eigenvalue weighted by Crippen LogP contribution is 2.37. The zero-order valence-corrected chi connectivity index (χ0v) is 12.4. The average Bonchev–Trinajstić information content (AvgIpc) is 2.43. The average molecular weight is 329 g/mol. The van der Waals surface area contributed by atoms with Gasteiger partial charge in [-0.15, -0.1) is 0 Å². The molecule has 0 bridgehead atoms. The van der Waals surface area contributed by atoms with E-state index in [1.54, 1.807) is 13.0 Å². The number of ether oxygens (including phenoxy) is 1. The fourth-order valence-electron chi connectivity index (χ4n) is 1.56. The van der Waals surface area contributed by atoms with Crippen LogP contribution in [0.15, 0.2) is 24.5 Å². The molecule has 9 heteroatoms. The fraction of sp³-hybridized carbons (Fsp3) is 0.167. The first kappa shape index (κ1) is 15.3. The lowest BCUT2D eigenvalue weighted by Gasteiger charge is -2.09. The molecule has 1 heterocycles. The minimum Gasteiger partial charge on any atom is -0.432 e. The molecule has 0 saturated carbocycles. The number of nitrogens with one attached hydrogen (secondary N) is 1. The molecule has 0 amide bonds. The van der Waals surface area contributed by atoms with Crippen molar-refractivity contribution < 1.29 is 9.66 Å². The van der Waals surface area contributed by atoms with Crippen molar-refractivity contribution >= 4 is 34.7 Å². The van der Waals surface area contributed by atoms with Gasteiger partial charge in [-0.25, -0.2) is 4.98 Å². The number of anilines is 1. The van der Waals surface area contributed by atoms with Gasteiger partial charge in [0.05, 0.1) is 9.95 Å². The quantitative estimate of drug-likeness (QED) is 0.660. The number of nitro groups is 1. The second-order valence-corrected chi connectivity index (χ2v) is 4.68. The van der Waals surface area contributed by atoms with Crippen LogP contribution >= 0.6 is 23.2 Å². The third kappa shape index (κ3) is 3.50. The van der Waals surface area contributed by atoms with E-state index >= 15 is 0 Å². The van der Waals surface area contributed by atoms with Crippen molar-refractivity contribution in [2.24, 2.45) is 0 Å². The summed E-state index contributed by atoms with van der Waals surface area (Å²) in [5.74, 6) is 0.0363. The van der Waals surface area contributed by atoms with E-state index in [0.29, 0.717) is 11.6 Å². The molecule has 0 aliphatic carbocycles. The fourth-order valence-corrected chi connectivity index (χ4v) is 1.88. The Labute approximate surface area is 130 Å². The van der Waals surface area contributed by atoms with E-state index in [2.05, 4.69) is 15.3 Å². The molecule has 2 rings (SSSR count). The van der Waals surface area contributed by atoms with Crippen LogP contribution in [-0.2, 0) is 0 Å². The van der Waals surface area contributed by atoms with Crippen LogP contribution in [0.4, 0.5) is 11.5 Å². The standard InChI is InChI=1S/C12H10Cl2N4O3/c1-2-15-11-10(18(19)20)12(17-6-16-11)21-9-5-7(13)3-4-8(9)14/h3-6H,2H2,1H3,(H,15,16,17). The molecule has 0 aliphatic rings. The molecule has 1 aromatic carbocycles. The number of benzene rings is 1. The van der Waals surface area contributed by atoms with Gasteiger partial charge in [-0.05, 0) is 19.1 Å². The van der Waals surface area contributed by atoms with Crippen molar-refractivity contribution in [3.05, 3.63) is 44.7 Å². The highest BCUT2D eigenvalue weighted by Gasteiger charge is 2.25. The third-order valence-electron chi connectivity index (χ3n) is 2.42. The number of aromatic nitrogens is 2. The molecule has 0 atom stereocenters. The van der Waals surface area contributed by atoms with Crippen LogP contribution in [0.2, 0.25) is 10.0 Å². The van der Waals surface area contributed by atoms with Gasteiger partial charge in [0.25, 0.3) is 0 Å². The summed E-state index contributed by atoms with van der Waals surface area (Å²) in [4.78, 5) is 18.2. The number of halogens is 2. The van der Waals surface area contributed by atoms with Gasteiger partial charge in [0.2, 0.25) is 5.82 Å². The second kappa shape index (κ2) is 6.55. The van der Waals surface area contributed by atoms with Gasteiger partial charge in [-0.2, -0.15) is 4.98 Å². The van der Waals surface area contributed by atoms with Gasteiger partial charge in [0.15, 0.2) is 0 Å². The molecule has 0 unspecified atom stereocenters. The monoisotopic (exact) mass is 328 g/mol. The highest BCUT2D eigenvalue weighted by atomic mass is 35.5. The zero-order valence-electron chi connectivity index (χ0n) is 10.8. The van der Waals surface area contributed by atoms with E-state index in [1.165, 1.54) is 18.5 Å². The number of hydrogen-bond acceptors (Lipinski definition) is 6. The molecule has 21 heavy (non-hydrogen) atoms. The minimum absolute atomic E-state index is 0.0747. The molecule has 2 aromatic rings. The lowest BCUT2D eigenvalue weighted by atomic mass is 10.3. The second-order valence-electron chi connectivity index (χ2n) is 3.84. The largest absolute Gasteiger partial charge is 0.432 e. The normalized spacial score (nSPS) is 10.2. The lowest BCUT2D eigenvalue weighted by Crippen LogP contribution is -2.06. The smallest absolute Gasteiger partial charge is 0.373 e. The van der Waals surface area contributed by atoms with Gasteiger partial charge >= 0.3 is 11.6 Å². The van der Waals surface area contributed by atoms with Gasteiger partial charge in [-0.3, -0.25) is 10.1 Å². The summed E-state index contributed by atoms with van der Waals surface area (Å²) in [5, 5.41) is 14.6. The van der Waals surface area contributed by atoms with Crippen LogP contribution in [0.25, 0.3) is 0 Å². The Balaban J connectivity index is 2.46. The first-order chi connectivity index (χ1) is 10.0. The molecule has 0 spiro atoms. The third-order valence-corrected chi connectivity index (χ3v) is 2.96. The van der Waals surface area contributed by atoms with Crippen molar-refractivity contribution in [1.82, 2.24) is 9.97 Å². The van der Waals surface area contributed by atoms with E-state index in [1.807, 2.05) is 0 Å². The lowest BCUT2D eigenvalue weighted by molar-refractivity contribution is -0.385. The topological polar surface area (TPSA) is 90.2 Å². The van der Waals surface area contributed by atoms with E-state index in [9.17, 15) is 10.1 Å². The molecule has 1 N–H and O–H groups in total. The van der Waals surface area contributed by atoms with E-state index in [-0.39, 0.29) is 28.2 Å². The van der Waals surface area contributed by atoms with Crippen LogP contribution in [-0.4, -0.2) is 21.4 Å². The van der Waals surface area contributed by atoms with Crippen LogP contribution in [0.3, 0.4) is 0 Å². The molecule has 1 aromatic heterocycles. The summed E-state index contributed by atoms with van der Waals surface area (Å²) < 4.78 is 5.42. The summed E-state index contributed by atoms with van der Waals surface area (Å²) in [6.45, 7) is 2.26. The van der Waals surface area contributed by atoms with Crippen LogP contribution in [0.5, 0.6) is 11.6 Å². The Morgan fingerprint density at radius 2 is 2.14 bits per heavy atom. The minimum atomic E-state index is -0.619. The Kier molecular flexibility index (Phi) is 4.77. The summed E-state index contributed by atoms with van der Waals surface area (Å²) >= 11 is 11.8. The number of rotatable bonds is 5. The zero-order chi connectivity index (χ0) is 15.4. The summed E-state index contributed by atoms with van der Waals surface area (Å²) in [7, 11) is 0. The summed E-state index contributed by atoms with van der Waals surface area (Å²) in [6.07, 6.45) is 1.17. The molecular weight excluding hydrogens is 319 g/mol. The maximum absolute atomic E-state index is 11.2. The first-order valence-corrected chi connectivity index (χ1v) is 6.64. The Morgan fingerprint density at radius 3 is 2.81 bits per heavy atom. The van der Waals surface area contributed by atoms with Crippen LogP contribution < -0.4 is 10.1 Å². The van der Waals surface area contributed by atoms with Gasteiger partial charge in [0, 0.05) is 17.6 Å². The predicted octanol–water partition coefficient (Wildman–Crippen LogP) is 3.92. The molecule has 7 nitrogen and oxygen atoms in total. The van der Waals surface area contributed by atoms with Crippen molar-refractivity contribution in [3.8, 4) is 11.6 Å². The predicted molar refractivity (Wildman–Crippen MR) is 79.4 cm³/mol. The SMILES string of the molecule is CCNc1ncnc(Oc2cc(Cl)ccc2Cl)c1[N+](=O)[O-]. The van der Waals surface area contributed by atoms with Crippen molar-refractivity contribution in [2.75, 3.05) is 11.9 Å². The molecule has 0 saturated heterocycles. The first-order valence-electron chi connectivity index (χ1n) is 5.89. The van der Waals surface area contributed by atoms with Gasteiger partial charge in [-0.1, -0.05) is 23.2 Å².